The van der Waals surface area contributed by atoms with E-state index in [1.807, 2.05) is 0 Å². The van der Waals surface area contributed by atoms with Crippen molar-refractivity contribution in [2.24, 2.45) is 0 Å². The summed E-state index contributed by atoms with van der Waals surface area (Å²) in [6, 6.07) is 0.262. The zero-order valence-electron chi connectivity index (χ0n) is 15.2. The maximum atomic E-state index is 12.0. The van der Waals surface area contributed by atoms with E-state index in [1.54, 1.807) is 20.0 Å². The van der Waals surface area contributed by atoms with Gasteiger partial charge in [0.2, 0.25) is 11.8 Å². The molecular formula is C19H29N3O3. The van der Waals surface area contributed by atoms with E-state index in [-0.39, 0.29) is 42.7 Å². The minimum Gasteiger partial charge on any atom is -0.363 e. The summed E-state index contributed by atoms with van der Waals surface area (Å²) < 4.78 is 0. The van der Waals surface area contributed by atoms with E-state index in [0.29, 0.717) is 16.8 Å². The normalized spacial score (nSPS) is 15.4. The Bertz CT molecular complexity index is 658. The molecule has 6 nitrogen and oxygen atoms in total. The molecule has 0 saturated heterocycles. The fourth-order valence-corrected chi connectivity index (χ4v) is 3.21. The van der Waals surface area contributed by atoms with Gasteiger partial charge in [-0.05, 0) is 26.7 Å². The van der Waals surface area contributed by atoms with Crippen LogP contribution in [0.2, 0.25) is 0 Å². The largest absolute Gasteiger partial charge is 0.363 e. The lowest BCUT2D eigenvalue weighted by atomic mass is 10.1. The summed E-state index contributed by atoms with van der Waals surface area (Å²) in [5.74, 6) is -0.237. The van der Waals surface area contributed by atoms with Crippen LogP contribution in [0, 0.1) is 13.8 Å². The van der Waals surface area contributed by atoms with Crippen LogP contribution in [0.1, 0.15) is 68.2 Å². The molecule has 0 spiro atoms. The van der Waals surface area contributed by atoms with E-state index in [9.17, 15) is 14.4 Å². The highest BCUT2D eigenvalue weighted by molar-refractivity contribution is 5.83. The molecule has 0 unspecified atom stereocenters. The molecule has 2 rings (SSSR count). The topological polar surface area (TPSA) is 91.1 Å². The SMILES string of the molecule is Cc1c[nH]c(CNC(=O)CCC(=O)NC2CCCCCC2)c(C)c1=O. The number of carbonyl (C=O) groups is 2. The van der Waals surface area contributed by atoms with Crippen LogP contribution in [0.25, 0.3) is 0 Å². The van der Waals surface area contributed by atoms with Crippen LogP contribution in [0.15, 0.2) is 11.0 Å². The Labute approximate surface area is 148 Å². The molecule has 0 aromatic carbocycles. The molecule has 1 saturated carbocycles. The maximum absolute atomic E-state index is 12.0. The fourth-order valence-electron chi connectivity index (χ4n) is 3.21. The van der Waals surface area contributed by atoms with E-state index in [4.69, 9.17) is 0 Å². The minimum absolute atomic E-state index is 0.00854. The van der Waals surface area contributed by atoms with Gasteiger partial charge in [-0.2, -0.15) is 0 Å². The van der Waals surface area contributed by atoms with Gasteiger partial charge < -0.3 is 15.6 Å². The Morgan fingerprint density at radius 3 is 2.40 bits per heavy atom. The zero-order valence-corrected chi connectivity index (χ0v) is 15.2. The van der Waals surface area contributed by atoms with Crippen LogP contribution in [0.3, 0.4) is 0 Å². The second-order valence-electron chi connectivity index (χ2n) is 6.94. The van der Waals surface area contributed by atoms with Crippen molar-refractivity contribution in [1.29, 1.82) is 0 Å². The Balaban J connectivity index is 1.72. The molecule has 1 heterocycles. The highest BCUT2D eigenvalue weighted by Gasteiger charge is 2.15. The van der Waals surface area contributed by atoms with Crippen molar-refractivity contribution in [3.8, 4) is 0 Å². The first kappa shape index (κ1) is 19.2. The molecule has 1 aliphatic carbocycles. The molecular weight excluding hydrogens is 318 g/mol. The fraction of sp³-hybridized carbons (Fsp3) is 0.632. The second-order valence-corrected chi connectivity index (χ2v) is 6.94. The van der Waals surface area contributed by atoms with Crippen LogP contribution in [0.4, 0.5) is 0 Å². The van der Waals surface area contributed by atoms with E-state index < -0.39 is 0 Å². The lowest BCUT2D eigenvalue weighted by Gasteiger charge is -2.16. The highest BCUT2D eigenvalue weighted by atomic mass is 16.2. The molecule has 2 amide bonds. The molecule has 3 N–H and O–H groups in total. The Morgan fingerprint density at radius 1 is 1.08 bits per heavy atom. The average Bonchev–Trinajstić information content (AvgIpc) is 2.86. The van der Waals surface area contributed by atoms with Crippen molar-refractivity contribution in [3.05, 3.63) is 33.2 Å². The minimum atomic E-state index is -0.183. The number of nitrogens with one attached hydrogen (secondary N) is 3. The van der Waals surface area contributed by atoms with Crippen LogP contribution in [0.5, 0.6) is 0 Å². The third kappa shape index (κ3) is 6.03. The van der Waals surface area contributed by atoms with Gasteiger partial charge in [0, 0.05) is 41.9 Å². The predicted molar refractivity (Wildman–Crippen MR) is 97.3 cm³/mol. The molecule has 138 valence electrons. The molecule has 0 radical (unpaired) electrons. The average molecular weight is 347 g/mol. The third-order valence-electron chi connectivity index (χ3n) is 4.88. The first-order valence-electron chi connectivity index (χ1n) is 9.21. The van der Waals surface area contributed by atoms with Crippen molar-refractivity contribution in [3.63, 3.8) is 0 Å². The number of carbonyl (C=O) groups excluding carboxylic acids is 2. The van der Waals surface area contributed by atoms with Gasteiger partial charge in [-0.3, -0.25) is 14.4 Å². The van der Waals surface area contributed by atoms with Gasteiger partial charge in [0.25, 0.3) is 0 Å². The quantitative estimate of drug-likeness (QED) is 0.689. The smallest absolute Gasteiger partial charge is 0.220 e. The number of aromatic amines is 1. The molecule has 1 aromatic heterocycles. The van der Waals surface area contributed by atoms with Crippen molar-refractivity contribution < 1.29 is 9.59 Å². The van der Waals surface area contributed by atoms with Crippen LogP contribution < -0.4 is 16.1 Å². The predicted octanol–water partition coefficient (Wildman–Crippen LogP) is 2.23. The van der Waals surface area contributed by atoms with Crippen molar-refractivity contribution >= 4 is 11.8 Å². The number of aromatic nitrogens is 1. The highest BCUT2D eigenvalue weighted by Crippen LogP contribution is 2.17. The first-order valence-corrected chi connectivity index (χ1v) is 9.21. The maximum Gasteiger partial charge on any atom is 0.220 e. The second kappa shape index (κ2) is 9.39. The number of hydrogen-bond acceptors (Lipinski definition) is 3. The van der Waals surface area contributed by atoms with E-state index in [0.717, 1.165) is 12.8 Å². The van der Waals surface area contributed by atoms with Gasteiger partial charge in [-0.15, -0.1) is 0 Å². The van der Waals surface area contributed by atoms with Crippen LogP contribution in [-0.2, 0) is 16.1 Å². The monoisotopic (exact) mass is 347 g/mol. The van der Waals surface area contributed by atoms with Gasteiger partial charge in [0.1, 0.15) is 0 Å². The van der Waals surface area contributed by atoms with E-state index in [2.05, 4.69) is 15.6 Å². The lowest BCUT2D eigenvalue weighted by molar-refractivity contribution is -0.127. The van der Waals surface area contributed by atoms with Crippen molar-refractivity contribution in [2.45, 2.75) is 77.8 Å². The van der Waals surface area contributed by atoms with Gasteiger partial charge >= 0.3 is 0 Å². The number of rotatable bonds is 6. The van der Waals surface area contributed by atoms with Crippen molar-refractivity contribution in [1.82, 2.24) is 15.6 Å². The summed E-state index contributed by atoms with van der Waals surface area (Å²) in [7, 11) is 0. The van der Waals surface area contributed by atoms with E-state index in [1.165, 1.54) is 25.7 Å². The Kier molecular flexibility index (Phi) is 7.22. The van der Waals surface area contributed by atoms with Crippen LogP contribution in [-0.4, -0.2) is 22.8 Å². The first-order chi connectivity index (χ1) is 12.0. The number of aryl methyl sites for hydroxylation is 1. The standard InChI is InChI=1S/C19H29N3O3/c1-13-11-20-16(14(2)19(13)25)12-21-17(23)9-10-18(24)22-15-7-5-3-4-6-8-15/h11,15H,3-10,12H2,1-2H3,(H,20,25)(H,21,23)(H,22,24). The molecule has 1 fully saturated rings. The number of H-pyrrole nitrogens is 1. The number of hydrogen-bond donors (Lipinski definition) is 3. The van der Waals surface area contributed by atoms with Gasteiger partial charge in [0.15, 0.2) is 5.43 Å². The molecule has 1 aliphatic rings. The summed E-state index contributed by atoms with van der Waals surface area (Å²) in [6.07, 6.45) is 8.91. The summed E-state index contributed by atoms with van der Waals surface area (Å²) in [5, 5.41) is 5.81. The molecule has 1 aromatic rings. The molecule has 0 atom stereocenters. The van der Waals surface area contributed by atoms with Gasteiger partial charge in [-0.1, -0.05) is 25.7 Å². The molecule has 6 heteroatoms. The Morgan fingerprint density at radius 2 is 1.72 bits per heavy atom. The molecule has 0 bridgehead atoms. The van der Waals surface area contributed by atoms with Gasteiger partial charge in [-0.25, -0.2) is 0 Å². The number of amides is 2. The summed E-state index contributed by atoms with van der Waals surface area (Å²) >= 11 is 0. The number of pyridine rings is 1. The summed E-state index contributed by atoms with van der Waals surface area (Å²) in [4.78, 5) is 38.9. The van der Waals surface area contributed by atoms with E-state index >= 15 is 0 Å². The van der Waals surface area contributed by atoms with Gasteiger partial charge in [0.05, 0.1) is 6.54 Å². The Hall–Kier alpha value is -2.11. The summed E-state index contributed by atoms with van der Waals surface area (Å²) in [5.41, 5.74) is 1.96. The summed E-state index contributed by atoms with van der Waals surface area (Å²) in [6.45, 7) is 3.76. The third-order valence-corrected chi connectivity index (χ3v) is 4.88. The van der Waals surface area contributed by atoms with Crippen LogP contribution >= 0.6 is 0 Å². The zero-order chi connectivity index (χ0) is 18.2. The lowest BCUT2D eigenvalue weighted by Crippen LogP contribution is -2.35. The molecule has 0 aliphatic heterocycles. The molecule has 25 heavy (non-hydrogen) atoms. The van der Waals surface area contributed by atoms with Crippen molar-refractivity contribution in [2.75, 3.05) is 0 Å².